The summed E-state index contributed by atoms with van der Waals surface area (Å²) in [6, 6.07) is 6.80. The lowest BCUT2D eigenvalue weighted by Crippen LogP contribution is -2.37. The Morgan fingerprint density at radius 2 is 2.00 bits per heavy atom. The molecule has 0 amide bonds. The van der Waals surface area contributed by atoms with Crippen LogP contribution in [0.15, 0.2) is 48.0 Å². The van der Waals surface area contributed by atoms with Crippen LogP contribution in [0.3, 0.4) is 0 Å². The third kappa shape index (κ3) is 2.64. The Balaban J connectivity index is 2.07. The standard InChI is InChI=1S/C16H17ClN2O2S/c1-2-15(19-9-3-4-10-19)22(20,21)13-6-5-12-7-8-18-16(17)14(12)11-13/h2,5-8,11,15H,1,3-4,9-10H2. The molecule has 1 aromatic heterocycles. The number of rotatable bonds is 4. The summed E-state index contributed by atoms with van der Waals surface area (Å²) in [5.74, 6) is 0. The van der Waals surface area contributed by atoms with Gasteiger partial charge in [0.1, 0.15) is 10.5 Å². The number of halogens is 1. The van der Waals surface area contributed by atoms with E-state index >= 15 is 0 Å². The predicted molar refractivity (Wildman–Crippen MR) is 88.7 cm³/mol. The van der Waals surface area contributed by atoms with Crippen molar-refractivity contribution in [3.05, 3.63) is 48.3 Å². The van der Waals surface area contributed by atoms with Gasteiger partial charge in [-0.25, -0.2) is 13.4 Å². The number of hydrogen-bond acceptors (Lipinski definition) is 4. The van der Waals surface area contributed by atoms with Crippen LogP contribution < -0.4 is 0 Å². The van der Waals surface area contributed by atoms with Gasteiger partial charge in [0.25, 0.3) is 0 Å². The molecule has 0 aliphatic carbocycles. The van der Waals surface area contributed by atoms with Crippen molar-refractivity contribution in [2.75, 3.05) is 13.1 Å². The van der Waals surface area contributed by atoms with E-state index in [1.54, 1.807) is 24.4 Å². The van der Waals surface area contributed by atoms with E-state index in [1.807, 2.05) is 11.0 Å². The molecule has 2 aromatic rings. The van der Waals surface area contributed by atoms with E-state index in [0.717, 1.165) is 31.3 Å². The maximum atomic E-state index is 12.9. The highest BCUT2D eigenvalue weighted by Crippen LogP contribution is 2.28. The van der Waals surface area contributed by atoms with E-state index in [1.165, 1.54) is 6.08 Å². The number of hydrogen-bond donors (Lipinski definition) is 0. The molecule has 1 saturated heterocycles. The van der Waals surface area contributed by atoms with Gasteiger partial charge < -0.3 is 0 Å². The quantitative estimate of drug-likeness (QED) is 0.635. The zero-order chi connectivity index (χ0) is 15.7. The molecule has 0 radical (unpaired) electrons. The number of fused-ring (bicyclic) bond motifs is 1. The molecule has 1 aromatic carbocycles. The number of benzene rings is 1. The van der Waals surface area contributed by atoms with Crippen molar-refractivity contribution in [3.8, 4) is 0 Å². The maximum Gasteiger partial charge on any atom is 0.198 e. The van der Waals surface area contributed by atoms with Crippen molar-refractivity contribution in [1.29, 1.82) is 0 Å². The van der Waals surface area contributed by atoms with Gasteiger partial charge in [-0.15, -0.1) is 6.58 Å². The first-order valence-electron chi connectivity index (χ1n) is 7.19. The van der Waals surface area contributed by atoms with Crippen molar-refractivity contribution < 1.29 is 8.42 Å². The number of pyridine rings is 1. The van der Waals surface area contributed by atoms with Gasteiger partial charge in [0.15, 0.2) is 9.84 Å². The van der Waals surface area contributed by atoms with Crippen LogP contribution in [0.5, 0.6) is 0 Å². The van der Waals surface area contributed by atoms with Gasteiger partial charge in [-0.2, -0.15) is 0 Å². The third-order valence-electron chi connectivity index (χ3n) is 4.04. The fourth-order valence-electron chi connectivity index (χ4n) is 2.90. The molecule has 0 saturated carbocycles. The molecule has 1 aliphatic heterocycles. The number of nitrogens with zero attached hydrogens (tertiary/aromatic N) is 2. The van der Waals surface area contributed by atoms with Crippen LogP contribution in [0.2, 0.25) is 5.15 Å². The van der Waals surface area contributed by atoms with Crippen LogP contribution in [-0.2, 0) is 9.84 Å². The van der Waals surface area contributed by atoms with Crippen molar-refractivity contribution in [2.24, 2.45) is 0 Å². The van der Waals surface area contributed by atoms with Gasteiger partial charge in [-0.1, -0.05) is 23.7 Å². The minimum atomic E-state index is -3.52. The van der Waals surface area contributed by atoms with E-state index in [2.05, 4.69) is 11.6 Å². The molecule has 1 fully saturated rings. The average molecular weight is 337 g/mol. The third-order valence-corrected chi connectivity index (χ3v) is 6.38. The smallest absolute Gasteiger partial charge is 0.198 e. The summed E-state index contributed by atoms with van der Waals surface area (Å²) < 4.78 is 25.9. The van der Waals surface area contributed by atoms with Crippen molar-refractivity contribution >= 4 is 32.2 Å². The first-order chi connectivity index (χ1) is 10.5. The van der Waals surface area contributed by atoms with Gasteiger partial charge in [-0.05, 0) is 49.5 Å². The molecule has 0 spiro atoms. The highest BCUT2D eigenvalue weighted by atomic mass is 35.5. The van der Waals surface area contributed by atoms with Crippen LogP contribution in [-0.4, -0.2) is 36.8 Å². The molecule has 1 aliphatic rings. The van der Waals surface area contributed by atoms with E-state index in [9.17, 15) is 8.42 Å². The minimum absolute atomic E-state index is 0.256. The second-order valence-electron chi connectivity index (χ2n) is 5.40. The van der Waals surface area contributed by atoms with E-state index < -0.39 is 15.2 Å². The zero-order valence-corrected chi connectivity index (χ0v) is 13.6. The molecule has 1 atom stereocenters. The fourth-order valence-corrected chi connectivity index (χ4v) is 4.79. The molecule has 22 heavy (non-hydrogen) atoms. The van der Waals surface area contributed by atoms with Crippen LogP contribution in [0, 0.1) is 0 Å². The number of likely N-dealkylation sites (tertiary alicyclic amines) is 1. The first-order valence-corrected chi connectivity index (χ1v) is 9.11. The van der Waals surface area contributed by atoms with Gasteiger partial charge >= 0.3 is 0 Å². The summed E-state index contributed by atoms with van der Waals surface area (Å²) in [5, 5.41) is 1.14. The Bertz CT molecular complexity index is 814. The van der Waals surface area contributed by atoms with Crippen LogP contribution in [0.1, 0.15) is 12.8 Å². The monoisotopic (exact) mass is 336 g/mol. The van der Waals surface area contributed by atoms with Crippen LogP contribution in [0.4, 0.5) is 0 Å². The van der Waals surface area contributed by atoms with Crippen molar-refractivity contribution in [2.45, 2.75) is 23.1 Å². The fraction of sp³-hybridized carbons (Fsp3) is 0.312. The molecule has 3 rings (SSSR count). The van der Waals surface area contributed by atoms with Gasteiger partial charge in [0.05, 0.1) is 4.90 Å². The highest BCUT2D eigenvalue weighted by Gasteiger charge is 2.32. The van der Waals surface area contributed by atoms with Crippen molar-refractivity contribution in [1.82, 2.24) is 9.88 Å². The molecular formula is C16H17ClN2O2S. The summed E-state index contributed by atoms with van der Waals surface area (Å²) in [6.45, 7) is 5.29. The summed E-state index contributed by atoms with van der Waals surface area (Å²) >= 11 is 6.08. The maximum absolute atomic E-state index is 12.9. The first kappa shape index (κ1) is 15.5. The van der Waals surface area contributed by atoms with Gasteiger partial charge in [0.2, 0.25) is 0 Å². The molecule has 1 unspecified atom stereocenters. The normalized spacial score (nSPS) is 17.7. The Morgan fingerprint density at radius 1 is 1.27 bits per heavy atom. The minimum Gasteiger partial charge on any atom is -0.284 e. The summed E-state index contributed by atoms with van der Waals surface area (Å²) in [7, 11) is -3.52. The number of aromatic nitrogens is 1. The lowest BCUT2D eigenvalue weighted by atomic mass is 10.2. The van der Waals surface area contributed by atoms with E-state index in [4.69, 9.17) is 11.6 Å². The highest BCUT2D eigenvalue weighted by molar-refractivity contribution is 7.92. The second-order valence-corrected chi connectivity index (χ2v) is 7.80. The molecule has 2 heterocycles. The Labute approximate surface area is 135 Å². The summed E-state index contributed by atoms with van der Waals surface area (Å²) in [5.41, 5.74) is 0. The molecule has 0 N–H and O–H groups in total. The van der Waals surface area contributed by atoms with Crippen LogP contribution in [0.25, 0.3) is 10.8 Å². The Hall–Kier alpha value is -1.43. The lowest BCUT2D eigenvalue weighted by Gasteiger charge is -2.24. The molecule has 116 valence electrons. The number of sulfone groups is 1. The topological polar surface area (TPSA) is 50.3 Å². The largest absolute Gasteiger partial charge is 0.284 e. The van der Waals surface area contributed by atoms with E-state index in [0.29, 0.717) is 10.5 Å². The summed E-state index contributed by atoms with van der Waals surface area (Å²) in [4.78, 5) is 6.22. The average Bonchev–Trinajstić information content (AvgIpc) is 3.02. The Morgan fingerprint density at radius 3 is 2.68 bits per heavy atom. The molecular weight excluding hydrogens is 320 g/mol. The SMILES string of the molecule is C=CC(N1CCCC1)S(=O)(=O)c1ccc2ccnc(Cl)c2c1. The van der Waals surface area contributed by atoms with Gasteiger partial charge in [-0.3, -0.25) is 4.90 Å². The van der Waals surface area contributed by atoms with E-state index in [-0.39, 0.29) is 4.90 Å². The van der Waals surface area contributed by atoms with Gasteiger partial charge in [0, 0.05) is 11.6 Å². The zero-order valence-electron chi connectivity index (χ0n) is 12.1. The van der Waals surface area contributed by atoms with Crippen LogP contribution >= 0.6 is 11.6 Å². The lowest BCUT2D eigenvalue weighted by molar-refractivity contribution is 0.339. The molecule has 0 bridgehead atoms. The predicted octanol–water partition coefficient (Wildman–Crippen LogP) is 3.27. The molecule has 4 nitrogen and oxygen atoms in total. The molecule has 6 heteroatoms. The Kier molecular flexibility index (Phi) is 4.21. The summed E-state index contributed by atoms with van der Waals surface area (Å²) in [6.07, 6.45) is 5.16. The van der Waals surface area contributed by atoms with Crippen molar-refractivity contribution in [3.63, 3.8) is 0 Å². The second kappa shape index (κ2) is 5.99.